The first kappa shape index (κ1) is 28.2. The summed E-state index contributed by atoms with van der Waals surface area (Å²) in [7, 11) is 0. The van der Waals surface area contributed by atoms with Crippen molar-refractivity contribution in [3.8, 4) is 11.1 Å². The number of nitrogens with zero attached hydrogens (tertiary/aromatic N) is 1. The van der Waals surface area contributed by atoms with Gasteiger partial charge >= 0.3 is 5.97 Å². The van der Waals surface area contributed by atoms with Crippen molar-refractivity contribution in [1.82, 2.24) is 10.2 Å². The van der Waals surface area contributed by atoms with Crippen molar-refractivity contribution >= 4 is 17.8 Å². The Bertz CT molecular complexity index is 1490. The van der Waals surface area contributed by atoms with E-state index < -0.39 is 23.5 Å². The lowest BCUT2D eigenvalue weighted by Gasteiger charge is -2.24. The lowest BCUT2D eigenvalue weighted by Crippen LogP contribution is -2.35. The molecular formula is C32H28F2N2O4. The Hall–Kier alpha value is -4.85. The zero-order valence-electron chi connectivity index (χ0n) is 21.6. The van der Waals surface area contributed by atoms with Crippen LogP contribution in [0.1, 0.15) is 38.3 Å². The van der Waals surface area contributed by atoms with Crippen LogP contribution >= 0.6 is 0 Å². The van der Waals surface area contributed by atoms with Crippen LogP contribution in [-0.4, -0.2) is 40.9 Å². The summed E-state index contributed by atoms with van der Waals surface area (Å²) in [6.07, 6.45) is 0.328. The van der Waals surface area contributed by atoms with Crippen LogP contribution in [0.2, 0.25) is 0 Å². The number of rotatable bonds is 11. The third-order valence-electron chi connectivity index (χ3n) is 6.50. The molecule has 0 aliphatic heterocycles. The molecule has 0 spiro atoms. The normalized spacial score (nSPS) is 10.7. The summed E-state index contributed by atoms with van der Waals surface area (Å²) in [5, 5.41) is 11.8. The highest BCUT2D eigenvalue weighted by atomic mass is 19.1. The highest BCUT2D eigenvalue weighted by molar-refractivity contribution is 6.06. The topological polar surface area (TPSA) is 86.7 Å². The molecule has 4 aromatic carbocycles. The average Bonchev–Trinajstić information content (AvgIpc) is 2.97. The molecule has 0 saturated heterocycles. The summed E-state index contributed by atoms with van der Waals surface area (Å²) in [6.45, 7) is -0.0266. The molecule has 0 fully saturated rings. The Morgan fingerprint density at radius 2 is 1.27 bits per heavy atom. The molecule has 0 unspecified atom stereocenters. The van der Waals surface area contributed by atoms with Gasteiger partial charge in [-0.15, -0.1) is 0 Å². The van der Waals surface area contributed by atoms with Crippen molar-refractivity contribution in [2.24, 2.45) is 0 Å². The van der Waals surface area contributed by atoms with E-state index in [-0.39, 0.29) is 36.5 Å². The summed E-state index contributed by atoms with van der Waals surface area (Å²) in [5.41, 5.74) is 2.23. The van der Waals surface area contributed by atoms with Crippen molar-refractivity contribution in [3.05, 3.63) is 131 Å². The molecule has 40 heavy (non-hydrogen) atoms. The van der Waals surface area contributed by atoms with Crippen molar-refractivity contribution in [1.29, 1.82) is 0 Å². The number of benzene rings is 4. The van der Waals surface area contributed by atoms with Gasteiger partial charge in [-0.25, -0.2) is 8.78 Å². The van der Waals surface area contributed by atoms with Gasteiger partial charge in [0.1, 0.15) is 11.6 Å². The fraction of sp³-hybridized carbons (Fsp3) is 0.156. The monoisotopic (exact) mass is 542 g/mol. The zero-order chi connectivity index (χ0) is 28.5. The van der Waals surface area contributed by atoms with E-state index in [0.717, 1.165) is 17.7 Å². The Morgan fingerprint density at radius 1 is 0.700 bits per heavy atom. The fourth-order valence-electron chi connectivity index (χ4n) is 4.41. The molecule has 2 N–H and O–H groups in total. The van der Waals surface area contributed by atoms with Crippen LogP contribution in [0, 0.1) is 11.6 Å². The number of aliphatic carboxylic acids is 1. The molecule has 0 atom stereocenters. The van der Waals surface area contributed by atoms with Gasteiger partial charge in [-0.3, -0.25) is 14.4 Å². The fourth-order valence-corrected chi connectivity index (χ4v) is 4.41. The Morgan fingerprint density at radius 3 is 1.93 bits per heavy atom. The van der Waals surface area contributed by atoms with Crippen LogP contribution in [0.25, 0.3) is 11.1 Å². The molecule has 204 valence electrons. The molecule has 0 saturated carbocycles. The molecule has 0 aliphatic rings. The third kappa shape index (κ3) is 6.96. The second-order valence-electron chi connectivity index (χ2n) is 9.15. The number of amides is 2. The number of carbonyl (C=O) groups is 3. The maximum absolute atomic E-state index is 14.1. The molecule has 8 heteroatoms. The molecule has 4 aromatic rings. The predicted molar refractivity (Wildman–Crippen MR) is 148 cm³/mol. The van der Waals surface area contributed by atoms with E-state index in [1.165, 1.54) is 11.0 Å². The van der Waals surface area contributed by atoms with Gasteiger partial charge in [0.05, 0.1) is 6.42 Å². The minimum absolute atomic E-state index is 0.0195. The Kier molecular flexibility index (Phi) is 9.35. The number of hydrogen-bond acceptors (Lipinski definition) is 3. The van der Waals surface area contributed by atoms with E-state index in [0.29, 0.717) is 29.7 Å². The minimum Gasteiger partial charge on any atom is -0.481 e. The number of hydrogen-bond donors (Lipinski definition) is 2. The van der Waals surface area contributed by atoms with Crippen LogP contribution < -0.4 is 5.32 Å². The van der Waals surface area contributed by atoms with Crippen molar-refractivity contribution < 1.29 is 28.3 Å². The van der Waals surface area contributed by atoms with Crippen LogP contribution in [0.4, 0.5) is 8.78 Å². The van der Waals surface area contributed by atoms with Crippen LogP contribution in [-0.2, 0) is 17.8 Å². The average molecular weight is 543 g/mol. The van der Waals surface area contributed by atoms with Crippen LogP contribution in [0.3, 0.4) is 0 Å². The number of carbonyl (C=O) groups excluding carboxylic acids is 2. The predicted octanol–water partition coefficient (Wildman–Crippen LogP) is 5.72. The molecule has 0 aliphatic carbocycles. The van der Waals surface area contributed by atoms with Gasteiger partial charge < -0.3 is 15.3 Å². The molecule has 0 bridgehead atoms. The van der Waals surface area contributed by atoms with E-state index in [1.807, 2.05) is 30.3 Å². The van der Waals surface area contributed by atoms with Gasteiger partial charge in [-0.2, -0.15) is 0 Å². The lowest BCUT2D eigenvalue weighted by molar-refractivity contribution is -0.137. The molecular weight excluding hydrogens is 514 g/mol. The van der Waals surface area contributed by atoms with Gasteiger partial charge in [0.15, 0.2) is 0 Å². The zero-order valence-corrected chi connectivity index (χ0v) is 21.6. The molecule has 2 amide bonds. The first-order valence-corrected chi connectivity index (χ1v) is 12.8. The molecule has 0 heterocycles. The van der Waals surface area contributed by atoms with Gasteiger partial charge in [0.2, 0.25) is 0 Å². The smallest absolute Gasteiger partial charge is 0.305 e. The maximum atomic E-state index is 14.1. The van der Waals surface area contributed by atoms with Crippen molar-refractivity contribution in [2.75, 3.05) is 13.1 Å². The Labute approximate surface area is 230 Å². The summed E-state index contributed by atoms with van der Waals surface area (Å²) >= 11 is 0. The van der Waals surface area contributed by atoms with E-state index in [4.69, 9.17) is 0 Å². The lowest BCUT2D eigenvalue weighted by atomic mass is 9.94. The van der Waals surface area contributed by atoms with E-state index in [1.54, 1.807) is 48.5 Å². The highest BCUT2D eigenvalue weighted by Crippen LogP contribution is 2.28. The van der Waals surface area contributed by atoms with Gasteiger partial charge in [-0.1, -0.05) is 72.8 Å². The van der Waals surface area contributed by atoms with Gasteiger partial charge in [0, 0.05) is 36.3 Å². The standard InChI is InChI=1S/C32H28F2N2O4/c33-28-15-8-16-29(34)27(28)21-35-31(39)25-13-6-4-11-23(25)24-12-5-7-14-26(24)32(40)36(20-18-30(37)38)19-17-22-9-2-1-3-10-22/h1-16H,17-21H2,(H,35,39)(H,37,38). The quantitative estimate of drug-likeness (QED) is 0.254. The van der Waals surface area contributed by atoms with E-state index in [9.17, 15) is 28.3 Å². The van der Waals surface area contributed by atoms with E-state index >= 15 is 0 Å². The summed E-state index contributed by atoms with van der Waals surface area (Å²) in [4.78, 5) is 39.8. The molecule has 0 radical (unpaired) electrons. The molecule has 6 nitrogen and oxygen atoms in total. The summed E-state index contributed by atoms with van der Waals surface area (Å²) in [6, 6.07) is 26.5. The second-order valence-corrected chi connectivity index (χ2v) is 9.15. The van der Waals surface area contributed by atoms with Gasteiger partial charge in [0.25, 0.3) is 11.8 Å². The summed E-state index contributed by atoms with van der Waals surface area (Å²) < 4.78 is 28.2. The molecule has 0 aromatic heterocycles. The first-order chi connectivity index (χ1) is 19.3. The first-order valence-electron chi connectivity index (χ1n) is 12.8. The maximum Gasteiger partial charge on any atom is 0.305 e. The largest absolute Gasteiger partial charge is 0.481 e. The number of carboxylic acid groups (broad SMARTS) is 1. The third-order valence-corrected chi connectivity index (χ3v) is 6.50. The van der Waals surface area contributed by atoms with Crippen LogP contribution in [0.15, 0.2) is 97.1 Å². The number of carboxylic acids is 1. The second kappa shape index (κ2) is 13.3. The Balaban J connectivity index is 1.62. The minimum atomic E-state index is -1.01. The number of nitrogens with one attached hydrogen (secondary N) is 1. The SMILES string of the molecule is O=C(O)CCN(CCc1ccccc1)C(=O)c1ccccc1-c1ccccc1C(=O)NCc1c(F)cccc1F. The van der Waals surface area contributed by atoms with Gasteiger partial charge in [-0.05, 0) is 47.4 Å². The van der Waals surface area contributed by atoms with Crippen molar-refractivity contribution in [3.63, 3.8) is 0 Å². The molecule has 4 rings (SSSR count). The van der Waals surface area contributed by atoms with E-state index in [2.05, 4.69) is 5.32 Å². The van der Waals surface area contributed by atoms with Crippen molar-refractivity contribution in [2.45, 2.75) is 19.4 Å². The number of halogens is 2. The van der Waals surface area contributed by atoms with Crippen LogP contribution in [0.5, 0.6) is 0 Å². The summed E-state index contributed by atoms with van der Waals surface area (Å²) in [5.74, 6) is -3.47. The highest BCUT2D eigenvalue weighted by Gasteiger charge is 2.23.